The van der Waals surface area contributed by atoms with Crippen molar-refractivity contribution in [2.45, 2.75) is 39.2 Å². The lowest BCUT2D eigenvalue weighted by atomic mass is 10.1. The van der Waals surface area contributed by atoms with E-state index in [-0.39, 0.29) is 5.91 Å². The Kier molecular flexibility index (Phi) is 3.51. The lowest BCUT2D eigenvalue weighted by Gasteiger charge is -2.23. The molecule has 0 unspecified atom stereocenters. The van der Waals surface area contributed by atoms with E-state index in [9.17, 15) is 4.79 Å². The van der Waals surface area contributed by atoms with Gasteiger partial charge in [-0.2, -0.15) is 0 Å². The van der Waals surface area contributed by atoms with E-state index in [1.54, 1.807) is 0 Å². The van der Waals surface area contributed by atoms with Crippen LogP contribution in [-0.2, 0) is 0 Å². The molecular formula is C17H22N2O. The highest BCUT2D eigenvalue weighted by Crippen LogP contribution is 2.29. The van der Waals surface area contributed by atoms with Crippen LogP contribution in [0.3, 0.4) is 0 Å². The first-order chi connectivity index (χ1) is 9.65. The minimum Gasteiger partial charge on any atom is -0.361 e. The molecule has 1 aliphatic carbocycles. The monoisotopic (exact) mass is 270 g/mol. The summed E-state index contributed by atoms with van der Waals surface area (Å²) >= 11 is 0. The molecule has 1 N–H and O–H groups in total. The molecule has 0 aliphatic heterocycles. The molecule has 1 saturated carbocycles. The van der Waals surface area contributed by atoms with Crippen LogP contribution in [0, 0.1) is 5.92 Å². The Morgan fingerprint density at radius 1 is 1.35 bits per heavy atom. The van der Waals surface area contributed by atoms with Crippen LogP contribution in [0.2, 0.25) is 0 Å². The fourth-order valence-electron chi connectivity index (χ4n) is 2.58. The molecule has 106 valence electrons. The topological polar surface area (TPSA) is 36.1 Å². The maximum atomic E-state index is 12.7. The Morgan fingerprint density at radius 3 is 2.85 bits per heavy atom. The van der Waals surface area contributed by atoms with Gasteiger partial charge in [-0.1, -0.05) is 19.9 Å². The SMILES string of the molecule is CC(C)CCN(C(=O)c1ccc2cc[nH]c2c1)C1CC1. The molecule has 2 aromatic rings. The van der Waals surface area contributed by atoms with Gasteiger partial charge in [-0.25, -0.2) is 0 Å². The van der Waals surface area contributed by atoms with Crippen molar-refractivity contribution in [2.24, 2.45) is 5.92 Å². The largest absolute Gasteiger partial charge is 0.361 e. The molecular weight excluding hydrogens is 248 g/mol. The number of H-pyrrole nitrogens is 1. The highest BCUT2D eigenvalue weighted by molar-refractivity contribution is 5.98. The number of rotatable bonds is 5. The zero-order valence-corrected chi connectivity index (χ0v) is 12.2. The number of fused-ring (bicyclic) bond motifs is 1. The maximum Gasteiger partial charge on any atom is 0.254 e. The van der Waals surface area contributed by atoms with Crippen molar-refractivity contribution in [1.82, 2.24) is 9.88 Å². The van der Waals surface area contributed by atoms with Gasteiger partial charge < -0.3 is 9.88 Å². The van der Waals surface area contributed by atoms with Crippen LogP contribution in [0.5, 0.6) is 0 Å². The van der Waals surface area contributed by atoms with Gasteiger partial charge in [0.15, 0.2) is 0 Å². The second kappa shape index (κ2) is 5.31. The predicted octanol–water partition coefficient (Wildman–Crippen LogP) is 3.82. The molecule has 1 amide bonds. The predicted molar refractivity (Wildman–Crippen MR) is 81.8 cm³/mol. The van der Waals surface area contributed by atoms with Gasteiger partial charge in [0, 0.05) is 29.9 Å². The number of amides is 1. The maximum absolute atomic E-state index is 12.7. The van der Waals surface area contributed by atoms with Gasteiger partial charge in [-0.15, -0.1) is 0 Å². The average molecular weight is 270 g/mol. The number of benzene rings is 1. The number of carbonyl (C=O) groups excluding carboxylic acids is 1. The second-order valence-electron chi connectivity index (χ2n) is 6.19. The molecule has 0 spiro atoms. The molecule has 0 saturated heterocycles. The normalized spacial score (nSPS) is 14.9. The van der Waals surface area contributed by atoms with Crippen LogP contribution in [0.1, 0.15) is 43.5 Å². The van der Waals surface area contributed by atoms with Crippen molar-refractivity contribution < 1.29 is 4.79 Å². The standard InChI is InChI=1S/C17H22N2O/c1-12(2)8-10-19(15-5-6-15)17(20)14-4-3-13-7-9-18-16(13)11-14/h3-4,7,9,11-12,15,18H,5-6,8,10H2,1-2H3. The highest BCUT2D eigenvalue weighted by Gasteiger charge is 2.32. The molecule has 0 radical (unpaired) electrons. The number of hydrogen-bond acceptors (Lipinski definition) is 1. The third kappa shape index (κ3) is 2.72. The molecule has 3 rings (SSSR count). The summed E-state index contributed by atoms with van der Waals surface area (Å²) in [6.07, 6.45) is 5.31. The zero-order chi connectivity index (χ0) is 14.1. The Hall–Kier alpha value is -1.77. The minimum absolute atomic E-state index is 0.185. The summed E-state index contributed by atoms with van der Waals surface area (Å²) in [7, 11) is 0. The highest BCUT2D eigenvalue weighted by atomic mass is 16.2. The first-order valence-corrected chi connectivity index (χ1v) is 7.53. The first-order valence-electron chi connectivity index (χ1n) is 7.53. The lowest BCUT2D eigenvalue weighted by molar-refractivity contribution is 0.0735. The summed E-state index contributed by atoms with van der Waals surface area (Å²) in [6.45, 7) is 5.30. The van der Waals surface area contributed by atoms with Crippen molar-refractivity contribution in [1.29, 1.82) is 0 Å². The van der Waals surface area contributed by atoms with Gasteiger partial charge >= 0.3 is 0 Å². The molecule has 0 bridgehead atoms. The van der Waals surface area contributed by atoms with Crippen LogP contribution in [-0.4, -0.2) is 28.4 Å². The number of nitrogens with zero attached hydrogens (tertiary/aromatic N) is 1. The van der Waals surface area contributed by atoms with Crippen LogP contribution in [0.4, 0.5) is 0 Å². The number of aromatic amines is 1. The third-order valence-corrected chi connectivity index (χ3v) is 4.00. The van der Waals surface area contributed by atoms with E-state index < -0.39 is 0 Å². The molecule has 1 heterocycles. The van der Waals surface area contributed by atoms with E-state index in [1.807, 2.05) is 30.5 Å². The fraction of sp³-hybridized carbons (Fsp3) is 0.471. The van der Waals surface area contributed by atoms with Gasteiger partial charge in [0.25, 0.3) is 5.91 Å². The zero-order valence-electron chi connectivity index (χ0n) is 12.2. The van der Waals surface area contributed by atoms with E-state index in [0.717, 1.165) is 42.3 Å². The van der Waals surface area contributed by atoms with Gasteiger partial charge in [-0.3, -0.25) is 4.79 Å². The van der Waals surface area contributed by atoms with Crippen molar-refractivity contribution in [2.75, 3.05) is 6.54 Å². The van der Waals surface area contributed by atoms with E-state index in [1.165, 1.54) is 0 Å². The third-order valence-electron chi connectivity index (χ3n) is 4.00. The summed E-state index contributed by atoms with van der Waals surface area (Å²) in [4.78, 5) is 18.0. The molecule has 1 aromatic heterocycles. The average Bonchev–Trinajstić information content (AvgIpc) is 3.15. The Morgan fingerprint density at radius 2 is 2.15 bits per heavy atom. The summed E-state index contributed by atoms with van der Waals surface area (Å²) in [5, 5.41) is 1.15. The number of carbonyl (C=O) groups is 1. The quantitative estimate of drug-likeness (QED) is 0.881. The van der Waals surface area contributed by atoms with Crippen LogP contribution < -0.4 is 0 Å². The summed E-state index contributed by atoms with van der Waals surface area (Å²) in [5.74, 6) is 0.819. The van der Waals surface area contributed by atoms with Crippen molar-refractivity contribution >= 4 is 16.8 Å². The van der Waals surface area contributed by atoms with Crippen molar-refractivity contribution in [3.05, 3.63) is 36.0 Å². The molecule has 1 aromatic carbocycles. The first kappa shape index (κ1) is 13.2. The van der Waals surface area contributed by atoms with E-state index in [2.05, 4.69) is 23.7 Å². The fourth-order valence-corrected chi connectivity index (χ4v) is 2.58. The van der Waals surface area contributed by atoms with Crippen LogP contribution in [0.15, 0.2) is 30.5 Å². The number of hydrogen-bond donors (Lipinski definition) is 1. The Labute approximate surface area is 120 Å². The molecule has 1 fully saturated rings. The lowest BCUT2D eigenvalue weighted by Crippen LogP contribution is -2.34. The molecule has 1 aliphatic rings. The minimum atomic E-state index is 0.185. The summed E-state index contributed by atoms with van der Waals surface area (Å²) in [5.41, 5.74) is 1.84. The second-order valence-corrected chi connectivity index (χ2v) is 6.19. The molecule has 20 heavy (non-hydrogen) atoms. The van der Waals surface area contributed by atoms with Gasteiger partial charge in [0.05, 0.1) is 0 Å². The number of aromatic nitrogens is 1. The smallest absolute Gasteiger partial charge is 0.254 e. The van der Waals surface area contributed by atoms with Crippen LogP contribution in [0.25, 0.3) is 10.9 Å². The molecule has 3 nitrogen and oxygen atoms in total. The van der Waals surface area contributed by atoms with E-state index in [0.29, 0.717) is 12.0 Å². The number of nitrogens with one attached hydrogen (secondary N) is 1. The molecule has 3 heteroatoms. The van der Waals surface area contributed by atoms with Crippen molar-refractivity contribution in [3.8, 4) is 0 Å². The molecule has 0 atom stereocenters. The van der Waals surface area contributed by atoms with Gasteiger partial charge in [0.1, 0.15) is 0 Å². The van der Waals surface area contributed by atoms with E-state index in [4.69, 9.17) is 0 Å². The van der Waals surface area contributed by atoms with Gasteiger partial charge in [0.2, 0.25) is 0 Å². The Balaban J connectivity index is 1.80. The van der Waals surface area contributed by atoms with Crippen LogP contribution >= 0.6 is 0 Å². The Bertz CT molecular complexity index is 610. The van der Waals surface area contributed by atoms with E-state index >= 15 is 0 Å². The van der Waals surface area contributed by atoms with Crippen molar-refractivity contribution in [3.63, 3.8) is 0 Å². The summed E-state index contributed by atoms with van der Waals surface area (Å²) < 4.78 is 0. The summed E-state index contributed by atoms with van der Waals surface area (Å²) in [6, 6.07) is 8.44. The van der Waals surface area contributed by atoms with Gasteiger partial charge in [-0.05, 0) is 48.8 Å².